The van der Waals surface area contributed by atoms with Crippen molar-refractivity contribution in [3.63, 3.8) is 0 Å². The van der Waals surface area contributed by atoms with Crippen LogP contribution in [0.2, 0.25) is 0 Å². The molecular formula is C26H32N4O3. The van der Waals surface area contributed by atoms with E-state index in [-0.39, 0.29) is 36.1 Å². The molecule has 2 aromatic rings. The van der Waals surface area contributed by atoms with Gasteiger partial charge in [-0.3, -0.25) is 9.59 Å². The topological polar surface area (TPSA) is 96.2 Å². The third-order valence-corrected chi connectivity index (χ3v) is 6.54. The van der Waals surface area contributed by atoms with Crippen LogP contribution < -0.4 is 10.6 Å². The van der Waals surface area contributed by atoms with Gasteiger partial charge in [-0.2, -0.15) is 5.26 Å². The van der Waals surface area contributed by atoms with Gasteiger partial charge in [-0.25, -0.2) is 0 Å². The molecule has 1 aromatic carbocycles. The Balaban J connectivity index is 1.49. The number of amides is 2. The molecule has 1 aliphatic heterocycles. The summed E-state index contributed by atoms with van der Waals surface area (Å²) in [6.45, 7) is 1.44. The molecule has 0 bridgehead atoms. The number of carbonyl (C=O) groups excluding carboxylic acids is 2. The largest absolute Gasteiger partial charge is 0.376 e. The standard InChI is InChI=1S/C26H32N4O3/c27-15-19(26(32)29-21-8-3-1-2-4-9-21)14-20-17-30(24-12-6-5-11-23(20)24)18-25(31)28-16-22-10-7-13-33-22/h5-6,11-12,14,17,21-22H,1-4,7-10,13,16,18H2,(H,28,31)(H,29,32)/b19-14+/t22-/m0/s1. The number of hydrogen-bond donors (Lipinski definition) is 2. The number of benzene rings is 1. The van der Waals surface area contributed by atoms with E-state index in [0.717, 1.165) is 61.6 Å². The fourth-order valence-corrected chi connectivity index (χ4v) is 4.76. The Labute approximate surface area is 194 Å². The van der Waals surface area contributed by atoms with Crippen LogP contribution >= 0.6 is 0 Å². The van der Waals surface area contributed by atoms with E-state index in [1.54, 1.807) is 6.08 Å². The number of ether oxygens (including phenoxy) is 1. The molecule has 2 aliphatic rings. The average Bonchev–Trinajstić information content (AvgIpc) is 3.38. The Kier molecular flexibility index (Phi) is 7.79. The molecule has 1 atom stereocenters. The van der Waals surface area contributed by atoms with Gasteiger partial charge in [0.05, 0.1) is 6.10 Å². The molecular weight excluding hydrogens is 416 g/mol. The maximum atomic E-state index is 12.8. The van der Waals surface area contributed by atoms with Gasteiger partial charge in [-0.1, -0.05) is 43.9 Å². The van der Waals surface area contributed by atoms with E-state index < -0.39 is 0 Å². The monoisotopic (exact) mass is 448 g/mol. The molecule has 1 saturated carbocycles. The van der Waals surface area contributed by atoms with Crippen molar-refractivity contribution in [3.05, 3.63) is 41.6 Å². The summed E-state index contributed by atoms with van der Waals surface area (Å²) in [5.74, 6) is -0.413. The van der Waals surface area contributed by atoms with Gasteiger partial charge in [0.15, 0.2) is 0 Å². The second kappa shape index (κ2) is 11.2. The number of para-hydroxylation sites is 1. The zero-order valence-corrected chi connectivity index (χ0v) is 19.0. The number of aromatic nitrogens is 1. The normalized spacial score (nSPS) is 19.7. The SMILES string of the molecule is N#C/C(=C\c1cn(CC(=O)NC[C@@H]2CCCO2)c2ccccc12)C(=O)NC1CCCCCC1. The second-order valence-corrected chi connectivity index (χ2v) is 9.00. The number of nitriles is 1. The molecule has 2 amide bonds. The lowest BCUT2D eigenvalue weighted by Gasteiger charge is -2.15. The maximum Gasteiger partial charge on any atom is 0.262 e. The first-order chi connectivity index (χ1) is 16.1. The molecule has 33 heavy (non-hydrogen) atoms. The van der Waals surface area contributed by atoms with Crippen LogP contribution in [-0.2, 0) is 20.9 Å². The summed E-state index contributed by atoms with van der Waals surface area (Å²) in [7, 11) is 0. The van der Waals surface area contributed by atoms with Gasteiger partial charge in [0.1, 0.15) is 18.2 Å². The lowest BCUT2D eigenvalue weighted by molar-refractivity contribution is -0.122. The molecule has 0 unspecified atom stereocenters. The van der Waals surface area contributed by atoms with Crippen LogP contribution in [0.25, 0.3) is 17.0 Å². The van der Waals surface area contributed by atoms with Crippen LogP contribution in [-0.4, -0.2) is 41.7 Å². The highest BCUT2D eigenvalue weighted by Crippen LogP contribution is 2.24. The number of nitrogens with zero attached hydrogens (tertiary/aromatic N) is 2. The van der Waals surface area contributed by atoms with E-state index >= 15 is 0 Å². The van der Waals surface area contributed by atoms with E-state index in [1.165, 1.54) is 12.8 Å². The number of fused-ring (bicyclic) bond motifs is 1. The number of hydrogen-bond acceptors (Lipinski definition) is 4. The van der Waals surface area contributed by atoms with Crippen molar-refractivity contribution in [1.82, 2.24) is 15.2 Å². The predicted molar refractivity (Wildman–Crippen MR) is 127 cm³/mol. The smallest absolute Gasteiger partial charge is 0.262 e. The fourth-order valence-electron chi connectivity index (χ4n) is 4.76. The van der Waals surface area contributed by atoms with Gasteiger partial charge < -0.3 is 19.9 Å². The van der Waals surface area contributed by atoms with E-state index in [0.29, 0.717) is 6.54 Å². The Bertz CT molecular complexity index is 1050. The minimum atomic E-state index is -0.324. The van der Waals surface area contributed by atoms with E-state index in [9.17, 15) is 14.9 Å². The highest BCUT2D eigenvalue weighted by molar-refractivity contribution is 6.04. The van der Waals surface area contributed by atoms with Gasteiger partial charge in [-0.05, 0) is 37.8 Å². The summed E-state index contributed by atoms with van der Waals surface area (Å²) in [5, 5.41) is 16.6. The molecule has 2 fully saturated rings. The van der Waals surface area contributed by atoms with Crippen molar-refractivity contribution < 1.29 is 14.3 Å². The van der Waals surface area contributed by atoms with Gasteiger partial charge in [0.2, 0.25) is 5.91 Å². The van der Waals surface area contributed by atoms with Gasteiger partial charge in [-0.15, -0.1) is 0 Å². The predicted octanol–water partition coefficient (Wildman–Crippen LogP) is 3.68. The van der Waals surface area contributed by atoms with E-state index in [1.807, 2.05) is 35.0 Å². The summed E-state index contributed by atoms with van der Waals surface area (Å²) in [6.07, 6.45) is 12.1. The zero-order valence-electron chi connectivity index (χ0n) is 19.0. The van der Waals surface area contributed by atoms with Crippen molar-refractivity contribution >= 4 is 28.8 Å². The Morgan fingerprint density at radius 2 is 1.91 bits per heavy atom. The van der Waals surface area contributed by atoms with Crippen LogP contribution in [0.5, 0.6) is 0 Å². The molecule has 174 valence electrons. The third kappa shape index (κ3) is 6.02. The minimum Gasteiger partial charge on any atom is -0.376 e. The molecule has 4 rings (SSSR count). The first kappa shape index (κ1) is 23.1. The molecule has 1 aromatic heterocycles. The average molecular weight is 449 g/mol. The third-order valence-electron chi connectivity index (χ3n) is 6.54. The molecule has 2 N–H and O–H groups in total. The Hall–Kier alpha value is -3.11. The van der Waals surface area contributed by atoms with Crippen LogP contribution in [0.15, 0.2) is 36.0 Å². The molecule has 1 saturated heterocycles. The van der Waals surface area contributed by atoms with Crippen LogP contribution in [0.1, 0.15) is 56.9 Å². The van der Waals surface area contributed by atoms with Gasteiger partial charge >= 0.3 is 0 Å². The Morgan fingerprint density at radius 1 is 1.12 bits per heavy atom. The molecule has 1 aliphatic carbocycles. The van der Waals surface area contributed by atoms with E-state index in [2.05, 4.69) is 16.7 Å². The van der Waals surface area contributed by atoms with Crippen LogP contribution in [0.3, 0.4) is 0 Å². The summed E-state index contributed by atoms with van der Waals surface area (Å²) in [4.78, 5) is 25.3. The molecule has 0 spiro atoms. The maximum absolute atomic E-state index is 12.8. The molecule has 7 nitrogen and oxygen atoms in total. The first-order valence-electron chi connectivity index (χ1n) is 12.0. The van der Waals surface area contributed by atoms with Gasteiger partial charge in [0, 0.05) is 41.9 Å². The number of rotatable bonds is 7. The van der Waals surface area contributed by atoms with E-state index in [4.69, 9.17) is 4.74 Å². The summed E-state index contributed by atoms with van der Waals surface area (Å²) in [5.41, 5.74) is 1.73. The van der Waals surface area contributed by atoms with Crippen molar-refractivity contribution in [1.29, 1.82) is 5.26 Å². The second-order valence-electron chi connectivity index (χ2n) is 9.00. The Morgan fingerprint density at radius 3 is 2.64 bits per heavy atom. The van der Waals surface area contributed by atoms with Crippen molar-refractivity contribution in [3.8, 4) is 6.07 Å². The van der Waals surface area contributed by atoms with Gasteiger partial charge in [0.25, 0.3) is 5.91 Å². The quantitative estimate of drug-likeness (QED) is 0.384. The molecule has 2 heterocycles. The molecule has 0 radical (unpaired) electrons. The highest BCUT2D eigenvalue weighted by Gasteiger charge is 2.19. The lowest BCUT2D eigenvalue weighted by atomic mass is 10.1. The molecule has 7 heteroatoms. The minimum absolute atomic E-state index is 0.0879. The number of carbonyl (C=O) groups is 2. The summed E-state index contributed by atoms with van der Waals surface area (Å²) < 4.78 is 7.44. The zero-order chi connectivity index (χ0) is 23.0. The fraction of sp³-hybridized carbons (Fsp3) is 0.500. The summed E-state index contributed by atoms with van der Waals surface area (Å²) in [6, 6.07) is 9.92. The van der Waals surface area contributed by atoms with Crippen LogP contribution in [0, 0.1) is 11.3 Å². The van der Waals surface area contributed by atoms with Crippen molar-refractivity contribution in [2.75, 3.05) is 13.2 Å². The number of nitrogens with one attached hydrogen (secondary N) is 2. The summed E-state index contributed by atoms with van der Waals surface area (Å²) >= 11 is 0. The van der Waals surface area contributed by atoms with Crippen molar-refractivity contribution in [2.45, 2.75) is 70.1 Å². The lowest BCUT2D eigenvalue weighted by Crippen LogP contribution is -2.35. The first-order valence-corrected chi connectivity index (χ1v) is 12.0. The highest BCUT2D eigenvalue weighted by atomic mass is 16.5. The van der Waals surface area contributed by atoms with Crippen LogP contribution in [0.4, 0.5) is 0 Å². The van der Waals surface area contributed by atoms with Crippen molar-refractivity contribution in [2.24, 2.45) is 0 Å².